The highest BCUT2D eigenvalue weighted by atomic mass is 19.4. The molecule has 1 aromatic carbocycles. The van der Waals surface area contributed by atoms with Crippen molar-refractivity contribution in [1.29, 1.82) is 5.41 Å². The third-order valence-electron chi connectivity index (χ3n) is 7.26. The summed E-state index contributed by atoms with van der Waals surface area (Å²) < 4.78 is 81.6. The van der Waals surface area contributed by atoms with Crippen LogP contribution in [0.5, 0.6) is 0 Å². The summed E-state index contributed by atoms with van der Waals surface area (Å²) in [6.07, 6.45) is -5.89. The Morgan fingerprint density at radius 2 is 1.64 bits per heavy atom. The third-order valence-corrected chi connectivity index (χ3v) is 7.26. The molecule has 15 heteroatoms. The molecule has 1 saturated carbocycles. The van der Waals surface area contributed by atoms with Crippen LogP contribution >= 0.6 is 0 Å². The topological polar surface area (TPSA) is 98.9 Å². The van der Waals surface area contributed by atoms with Crippen molar-refractivity contribution in [1.82, 2.24) is 25.2 Å². The maximum atomic E-state index is 13.6. The number of hydrogen-bond acceptors (Lipinski definition) is 8. The molecule has 2 aromatic heterocycles. The highest BCUT2D eigenvalue weighted by molar-refractivity contribution is 6.01. The molecule has 9 nitrogen and oxygen atoms in total. The van der Waals surface area contributed by atoms with Crippen molar-refractivity contribution in [2.24, 2.45) is 7.05 Å². The van der Waals surface area contributed by atoms with Crippen LogP contribution < -0.4 is 15.1 Å². The summed E-state index contributed by atoms with van der Waals surface area (Å²) >= 11 is 0. The van der Waals surface area contributed by atoms with Gasteiger partial charge in [0.15, 0.2) is 0 Å². The summed E-state index contributed by atoms with van der Waals surface area (Å²) in [6.45, 7) is 3.85. The summed E-state index contributed by atoms with van der Waals surface area (Å²) in [5.41, 5.74) is -1.65. The van der Waals surface area contributed by atoms with E-state index in [1.165, 1.54) is 11.9 Å². The molecule has 4 rings (SSSR count). The first-order chi connectivity index (χ1) is 19.7. The predicted molar refractivity (Wildman–Crippen MR) is 147 cm³/mol. The minimum Gasteiger partial charge on any atom is -0.373 e. The number of alkyl halides is 6. The van der Waals surface area contributed by atoms with Gasteiger partial charge in [-0.25, -0.2) is 4.98 Å². The van der Waals surface area contributed by atoms with Gasteiger partial charge < -0.3 is 20.5 Å². The minimum absolute atomic E-state index is 0.0148. The Kier molecular flexibility index (Phi) is 8.97. The molecule has 0 saturated heterocycles. The Bertz CT molecular complexity index is 1380. The number of nitrogens with zero attached hydrogens (tertiary/aromatic N) is 7. The fourth-order valence-electron chi connectivity index (χ4n) is 5.32. The van der Waals surface area contributed by atoms with E-state index in [4.69, 9.17) is 10.4 Å². The van der Waals surface area contributed by atoms with E-state index in [9.17, 15) is 26.3 Å². The molecule has 2 N–H and O–H groups in total. The van der Waals surface area contributed by atoms with Crippen LogP contribution in [-0.4, -0.2) is 50.5 Å². The molecule has 42 heavy (non-hydrogen) atoms. The van der Waals surface area contributed by atoms with E-state index in [2.05, 4.69) is 25.6 Å². The molecule has 0 aliphatic heterocycles. The van der Waals surface area contributed by atoms with Gasteiger partial charge in [0.2, 0.25) is 0 Å². The highest BCUT2D eigenvalue weighted by Crippen LogP contribution is 2.37. The molecule has 1 aliphatic rings. The molecule has 0 atom stereocenters. The summed E-state index contributed by atoms with van der Waals surface area (Å²) in [5, 5.41) is 23.4. The van der Waals surface area contributed by atoms with Gasteiger partial charge in [-0.05, 0) is 61.7 Å². The van der Waals surface area contributed by atoms with Gasteiger partial charge in [0, 0.05) is 49.6 Å². The predicted octanol–water partition coefficient (Wildman–Crippen LogP) is 6.05. The zero-order valence-electron chi connectivity index (χ0n) is 23.7. The summed E-state index contributed by atoms with van der Waals surface area (Å²) in [7, 11) is 3.20. The fourth-order valence-corrected chi connectivity index (χ4v) is 5.32. The summed E-state index contributed by atoms with van der Waals surface area (Å²) in [5.74, 6) is 1.13. The maximum Gasteiger partial charge on any atom is 0.416 e. The molecular weight excluding hydrogens is 564 g/mol. The Labute approximate surface area is 239 Å². The lowest BCUT2D eigenvalue weighted by atomic mass is 10.0. The van der Waals surface area contributed by atoms with Gasteiger partial charge in [0.05, 0.1) is 18.2 Å². The first kappa shape index (κ1) is 31.0. The summed E-state index contributed by atoms with van der Waals surface area (Å²) in [6, 6.07) is 3.51. The first-order valence-corrected chi connectivity index (χ1v) is 13.5. The van der Waals surface area contributed by atoms with Crippen LogP contribution in [0.1, 0.15) is 67.3 Å². The lowest BCUT2D eigenvalue weighted by Crippen LogP contribution is -2.36. The van der Waals surface area contributed by atoms with Crippen molar-refractivity contribution < 1.29 is 26.3 Å². The van der Waals surface area contributed by atoms with Crippen molar-refractivity contribution in [3.63, 3.8) is 0 Å². The quantitative estimate of drug-likeness (QED) is 0.217. The zero-order valence-corrected chi connectivity index (χ0v) is 23.7. The van der Waals surface area contributed by atoms with Gasteiger partial charge in [-0.3, -0.25) is 0 Å². The Balaban J connectivity index is 1.84. The van der Waals surface area contributed by atoms with E-state index < -0.39 is 23.5 Å². The lowest BCUT2D eigenvalue weighted by molar-refractivity contribution is -0.143. The number of nitrogens with one attached hydrogen (secondary N) is 2. The van der Waals surface area contributed by atoms with E-state index in [0.29, 0.717) is 41.4 Å². The Hall–Kier alpha value is -3.91. The standard InChI is InChI=1S/C27H33F6N9/c1-5-42(21-8-6-7-9-21)24-18(12-22(16(2)34)23(35-3)36-24)15-41(25-37-39-40(4)38-25)14-17-10-19(26(28,29)30)13-20(11-17)27(31,32)33/h10-13,21,34H,5-9,14-15H2,1-4H3,(H,35,36). The third kappa shape index (κ3) is 6.93. The smallest absolute Gasteiger partial charge is 0.373 e. The van der Waals surface area contributed by atoms with E-state index in [0.717, 1.165) is 30.5 Å². The van der Waals surface area contributed by atoms with Crippen molar-refractivity contribution in [3.05, 3.63) is 52.1 Å². The second kappa shape index (κ2) is 12.1. The largest absolute Gasteiger partial charge is 0.416 e. The van der Waals surface area contributed by atoms with E-state index >= 15 is 0 Å². The van der Waals surface area contributed by atoms with Crippen LogP contribution in [0.25, 0.3) is 0 Å². The molecule has 1 fully saturated rings. The Morgan fingerprint density at radius 1 is 1.02 bits per heavy atom. The van der Waals surface area contributed by atoms with Crippen LogP contribution in [0.15, 0.2) is 24.3 Å². The number of halogens is 6. The van der Waals surface area contributed by atoms with Gasteiger partial charge in [-0.15, -0.1) is 5.10 Å². The highest BCUT2D eigenvalue weighted by Gasteiger charge is 2.37. The number of tetrazole rings is 1. The number of pyridine rings is 1. The van der Waals surface area contributed by atoms with Gasteiger partial charge >= 0.3 is 12.4 Å². The van der Waals surface area contributed by atoms with E-state index in [1.807, 2.05) is 6.92 Å². The molecule has 2 heterocycles. The van der Waals surface area contributed by atoms with Crippen molar-refractivity contribution >= 4 is 23.3 Å². The summed E-state index contributed by atoms with van der Waals surface area (Å²) in [4.78, 5) is 9.66. The number of benzene rings is 1. The number of rotatable bonds is 10. The number of anilines is 3. The molecule has 0 unspecified atom stereocenters. The number of aryl methyl sites for hydroxylation is 1. The SMILES string of the molecule is CCN(c1nc(NC)c(C(C)=N)cc1CN(Cc1cc(C(F)(F)F)cc(C(F)(F)F)c1)c1nnn(C)n1)C1CCCC1. The first-order valence-electron chi connectivity index (χ1n) is 13.5. The van der Waals surface area contributed by atoms with Crippen LogP contribution in [0.3, 0.4) is 0 Å². The molecule has 0 bridgehead atoms. The second-order valence-corrected chi connectivity index (χ2v) is 10.3. The lowest BCUT2D eigenvalue weighted by Gasteiger charge is -2.33. The maximum absolute atomic E-state index is 13.6. The second-order valence-electron chi connectivity index (χ2n) is 10.3. The molecule has 0 spiro atoms. The normalized spacial score (nSPS) is 14.3. The molecule has 0 radical (unpaired) electrons. The van der Waals surface area contributed by atoms with E-state index in [-0.39, 0.29) is 42.4 Å². The number of aromatic nitrogens is 5. The fraction of sp³-hybridized carbons (Fsp3) is 0.519. The van der Waals surface area contributed by atoms with Crippen LogP contribution in [-0.2, 0) is 32.5 Å². The molecule has 1 aliphatic carbocycles. The van der Waals surface area contributed by atoms with Crippen LogP contribution in [0, 0.1) is 5.41 Å². The van der Waals surface area contributed by atoms with Crippen molar-refractivity contribution in [2.45, 2.75) is 71.0 Å². The molecular formula is C27H33F6N9. The molecule has 0 amide bonds. The average molecular weight is 598 g/mol. The number of hydrogen-bond donors (Lipinski definition) is 2. The van der Waals surface area contributed by atoms with Gasteiger partial charge in [0.1, 0.15) is 11.6 Å². The molecule has 3 aromatic rings. The zero-order chi connectivity index (χ0) is 30.8. The van der Waals surface area contributed by atoms with Gasteiger partial charge in [0.25, 0.3) is 5.95 Å². The average Bonchev–Trinajstić information content (AvgIpc) is 3.60. The van der Waals surface area contributed by atoms with Gasteiger partial charge in [-0.1, -0.05) is 17.9 Å². The van der Waals surface area contributed by atoms with Crippen LogP contribution in [0.4, 0.5) is 43.9 Å². The Morgan fingerprint density at radius 3 is 2.12 bits per heavy atom. The van der Waals surface area contributed by atoms with Crippen LogP contribution in [0.2, 0.25) is 0 Å². The van der Waals surface area contributed by atoms with Crippen molar-refractivity contribution in [2.75, 3.05) is 28.7 Å². The monoisotopic (exact) mass is 597 g/mol. The van der Waals surface area contributed by atoms with Gasteiger partial charge in [-0.2, -0.15) is 31.1 Å². The molecule has 228 valence electrons. The minimum atomic E-state index is -4.98. The van der Waals surface area contributed by atoms with Crippen molar-refractivity contribution in [3.8, 4) is 0 Å². The van der Waals surface area contributed by atoms with E-state index in [1.54, 1.807) is 20.0 Å².